The normalized spacial score (nSPS) is 24.2. The second-order valence-corrected chi connectivity index (χ2v) is 3.95. The summed E-state index contributed by atoms with van der Waals surface area (Å²) in [6.45, 7) is 7.37. The van der Waals surface area contributed by atoms with Gasteiger partial charge in [0.2, 0.25) is 0 Å². The van der Waals surface area contributed by atoms with E-state index >= 15 is 0 Å². The lowest BCUT2D eigenvalue weighted by Crippen LogP contribution is -2.27. The van der Waals surface area contributed by atoms with Gasteiger partial charge < -0.3 is 15.5 Å². The highest BCUT2D eigenvalue weighted by atomic mass is 16.5. The van der Waals surface area contributed by atoms with Gasteiger partial charge in [0.05, 0.1) is 0 Å². The summed E-state index contributed by atoms with van der Waals surface area (Å²) in [6.07, 6.45) is 2.80. The molecule has 76 valence electrons. The van der Waals surface area contributed by atoms with Crippen molar-refractivity contribution in [3.8, 4) is 0 Å². The molecule has 1 fully saturated rings. The molecular weight excluding hydrogens is 154 g/mol. The summed E-state index contributed by atoms with van der Waals surface area (Å²) in [5.41, 5.74) is 0. The average Bonchev–Trinajstić information content (AvgIpc) is 1.85. The Kier molecular flexibility index (Phi) is 5.46. The van der Waals surface area contributed by atoms with Crippen molar-refractivity contribution < 1.29 is 11.6 Å². The minimum Gasteiger partial charge on any atom is -0.366 e. The van der Waals surface area contributed by atoms with Crippen molar-refractivity contribution >= 4 is 0 Å². The van der Waals surface area contributed by atoms with Crippen LogP contribution in [0.25, 0.3) is 0 Å². The third kappa shape index (κ3) is 12.5. The summed E-state index contributed by atoms with van der Waals surface area (Å²) in [5.74, 6) is -0.575. The standard InChI is InChI=1S/C6H13N.C3H8O2.H2/c1-6-3-2-4-7-5-6;1-3(2,4)5;/h6-7H,2-5H2,1H3;4-5H,1-2H3;1H/t6-;;/m1../s1. The van der Waals surface area contributed by atoms with E-state index in [2.05, 4.69) is 12.2 Å². The molecule has 3 heteroatoms. The van der Waals surface area contributed by atoms with E-state index in [9.17, 15) is 0 Å². The fourth-order valence-electron chi connectivity index (χ4n) is 1.03. The molecule has 1 aliphatic rings. The van der Waals surface area contributed by atoms with Gasteiger partial charge in [0.25, 0.3) is 0 Å². The predicted molar refractivity (Wildman–Crippen MR) is 51.9 cm³/mol. The van der Waals surface area contributed by atoms with Gasteiger partial charge in [-0.05, 0) is 45.7 Å². The summed E-state index contributed by atoms with van der Waals surface area (Å²) in [5, 5.41) is 19.5. The monoisotopic (exact) mass is 177 g/mol. The Labute approximate surface area is 76.3 Å². The third-order valence-corrected chi connectivity index (χ3v) is 1.54. The predicted octanol–water partition coefficient (Wildman–Crippen LogP) is 0.959. The lowest BCUT2D eigenvalue weighted by Gasteiger charge is -2.17. The maximum absolute atomic E-state index is 8.08. The van der Waals surface area contributed by atoms with Crippen molar-refractivity contribution in [3.05, 3.63) is 0 Å². The van der Waals surface area contributed by atoms with Gasteiger partial charge in [-0.25, -0.2) is 0 Å². The molecule has 0 aromatic rings. The summed E-state index contributed by atoms with van der Waals surface area (Å²) >= 11 is 0. The Balaban J connectivity index is 0. The summed E-state index contributed by atoms with van der Waals surface area (Å²) in [6, 6.07) is 0. The largest absolute Gasteiger partial charge is 0.366 e. The van der Waals surface area contributed by atoms with Crippen molar-refractivity contribution in [1.82, 2.24) is 5.32 Å². The van der Waals surface area contributed by atoms with Gasteiger partial charge in [-0.15, -0.1) is 0 Å². The van der Waals surface area contributed by atoms with Gasteiger partial charge in [0.1, 0.15) is 0 Å². The lowest BCUT2D eigenvalue weighted by molar-refractivity contribution is -0.127. The Morgan fingerprint density at radius 3 is 2.08 bits per heavy atom. The van der Waals surface area contributed by atoms with Crippen LogP contribution in [0.4, 0.5) is 0 Å². The average molecular weight is 177 g/mol. The van der Waals surface area contributed by atoms with Gasteiger partial charge in [-0.3, -0.25) is 0 Å². The van der Waals surface area contributed by atoms with Crippen LogP contribution in [0.3, 0.4) is 0 Å². The molecule has 0 aromatic carbocycles. The van der Waals surface area contributed by atoms with Crippen LogP contribution in [0.15, 0.2) is 0 Å². The third-order valence-electron chi connectivity index (χ3n) is 1.54. The number of hydrogen-bond acceptors (Lipinski definition) is 3. The first-order valence-corrected chi connectivity index (χ1v) is 4.55. The van der Waals surface area contributed by atoms with E-state index in [0.29, 0.717) is 0 Å². The topological polar surface area (TPSA) is 52.5 Å². The minimum absolute atomic E-state index is 0. The molecular formula is C9H23NO2. The van der Waals surface area contributed by atoms with Gasteiger partial charge in [0.15, 0.2) is 5.79 Å². The molecule has 12 heavy (non-hydrogen) atoms. The van der Waals surface area contributed by atoms with Crippen LogP contribution < -0.4 is 5.32 Å². The highest BCUT2D eigenvalue weighted by molar-refractivity contribution is 4.63. The van der Waals surface area contributed by atoms with E-state index in [1.54, 1.807) is 0 Å². The van der Waals surface area contributed by atoms with E-state index in [-0.39, 0.29) is 1.43 Å². The molecule has 0 aliphatic carbocycles. The van der Waals surface area contributed by atoms with Gasteiger partial charge in [-0.2, -0.15) is 0 Å². The summed E-state index contributed by atoms with van der Waals surface area (Å²) in [7, 11) is 0. The molecule has 1 aliphatic heterocycles. The highest BCUT2D eigenvalue weighted by Gasteiger charge is 2.04. The lowest BCUT2D eigenvalue weighted by atomic mass is 10.0. The van der Waals surface area contributed by atoms with Crippen LogP contribution in [0.1, 0.15) is 35.0 Å². The number of hydrogen-bond donors (Lipinski definition) is 3. The molecule has 0 saturated carbocycles. The highest BCUT2D eigenvalue weighted by Crippen LogP contribution is 2.06. The minimum atomic E-state index is -1.50. The van der Waals surface area contributed by atoms with E-state index in [0.717, 1.165) is 5.92 Å². The van der Waals surface area contributed by atoms with Crippen LogP contribution in [0.2, 0.25) is 0 Å². The van der Waals surface area contributed by atoms with Crippen molar-refractivity contribution in [1.29, 1.82) is 0 Å². The van der Waals surface area contributed by atoms with Crippen molar-refractivity contribution in [2.75, 3.05) is 13.1 Å². The number of rotatable bonds is 0. The van der Waals surface area contributed by atoms with Crippen LogP contribution >= 0.6 is 0 Å². The Hall–Kier alpha value is -0.120. The smallest absolute Gasteiger partial charge is 0.156 e. The molecule has 0 amide bonds. The van der Waals surface area contributed by atoms with Crippen molar-refractivity contribution in [2.45, 2.75) is 39.4 Å². The quantitative estimate of drug-likeness (QED) is 0.483. The molecule has 0 bridgehead atoms. The van der Waals surface area contributed by atoms with Crippen LogP contribution in [0.5, 0.6) is 0 Å². The zero-order valence-electron chi connectivity index (χ0n) is 8.30. The molecule has 1 atom stereocenters. The number of nitrogens with one attached hydrogen (secondary N) is 1. The molecule has 1 heterocycles. The van der Waals surface area contributed by atoms with E-state index in [4.69, 9.17) is 10.2 Å². The van der Waals surface area contributed by atoms with Gasteiger partial charge in [0, 0.05) is 1.43 Å². The fraction of sp³-hybridized carbons (Fsp3) is 1.00. The van der Waals surface area contributed by atoms with Crippen molar-refractivity contribution in [3.63, 3.8) is 0 Å². The molecule has 0 aromatic heterocycles. The number of piperidine rings is 1. The Morgan fingerprint density at radius 1 is 1.42 bits per heavy atom. The molecule has 3 nitrogen and oxygen atoms in total. The maximum Gasteiger partial charge on any atom is 0.156 e. The van der Waals surface area contributed by atoms with Crippen LogP contribution in [-0.2, 0) is 0 Å². The zero-order chi connectivity index (χ0) is 9.61. The first-order chi connectivity index (χ1) is 5.39. The second kappa shape index (κ2) is 5.51. The number of aliphatic hydroxyl groups is 2. The van der Waals surface area contributed by atoms with Crippen molar-refractivity contribution in [2.24, 2.45) is 5.92 Å². The SMILES string of the molecule is CC(C)(O)O.C[C@@H]1CCCNC1.[HH]. The maximum atomic E-state index is 8.08. The first-order valence-electron chi connectivity index (χ1n) is 4.55. The summed E-state index contributed by atoms with van der Waals surface area (Å²) < 4.78 is 0. The van der Waals surface area contributed by atoms with Crippen LogP contribution in [0, 0.1) is 5.92 Å². The first kappa shape index (κ1) is 11.9. The van der Waals surface area contributed by atoms with Gasteiger partial charge in [-0.1, -0.05) is 6.92 Å². The fourth-order valence-corrected chi connectivity index (χ4v) is 1.03. The Morgan fingerprint density at radius 2 is 1.92 bits per heavy atom. The molecule has 3 N–H and O–H groups in total. The Bertz CT molecular complexity index is 103. The van der Waals surface area contributed by atoms with E-state index in [1.165, 1.54) is 39.8 Å². The van der Waals surface area contributed by atoms with Crippen LogP contribution in [-0.4, -0.2) is 29.1 Å². The molecule has 1 saturated heterocycles. The van der Waals surface area contributed by atoms with E-state index in [1.807, 2.05) is 0 Å². The summed E-state index contributed by atoms with van der Waals surface area (Å²) in [4.78, 5) is 0. The van der Waals surface area contributed by atoms with Gasteiger partial charge >= 0.3 is 0 Å². The van der Waals surface area contributed by atoms with E-state index < -0.39 is 5.79 Å². The zero-order valence-corrected chi connectivity index (χ0v) is 8.30. The second-order valence-electron chi connectivity index (χ2n) is 3.95. The molecule has 0 spiro atoms. The molecule has 1 rings (SSSR count). The molecule has 0 radical (unpaired) electrons. The molecule has 0 unspecified atom stereocenters.